The Bertz CT molecular complexity index is 1300. The molecule has 0 aliphatic rings. The van der Waals surface area contributed by atoms with Crippen LogP contribution >= 0.6 is 0 Å². The fraction of sp³-hybridized carbons (Fsp3) is 0.600. The number of hydrogen-bond acceptors (Lipinski definition) is 4. The Balaban J connectivity index is 0.000000836. The number of benzene rings is 4. The average Bonchev–Trinajstić information content (AvgIpc) is 3.31. The second-order valence-corrected chi connectivity index (χ2v) is 18.1. The minimum atomic E-state index is 0. The molecule has 4 radical (unpaired) electrons. The zero-order chi connectivity index (χ0) is 46.6. The van der Waals surface area contributed by atoms with Gasteiger partial charge in [0, 0.05) is 27.3 Å². The van der Waals surface area contributed by atoms with Gasteiger partial charge in [0.2, 0.25) is 0 Å². The molecule has 4 aromatic rings. The van der Waals surface area contributed by atoms with Crippen molar-refractivity contribution in [2.24, 2.45) is 0 Å². The van der Waals surface area contributed by atoms with Crippen molar-refractivity contribution >= 4 is 27.3 Å². The Kier molecular flexibility index (Phi) is 44.0. The SMILES string of the molecule is CCCCCCCCCc1ccc([O-])cc1.CCCCCCCCCc1ccc([O-])cc1.CCCCCCCCCc1ccc([O-])cc1.CCCCCCCCCc1ccc([O-])cc1.[Pb]. The van der Waals surface area contributed by atoms with Gasteiger partial charge < -0.3 is 20.4 Å². The van der Waals surface area contributed by atoms with E-state index in [0.29, 0.717) is 0 Å². The van der Waals surface area contributed by atoms with Crippen LogP contribution in [-0.2, 0) is 25.7 Å². The van der Waals surface area contributed by atoms with Crippen molar-refractivity contribution in [3.63, 3.8) is 0 Å². The molecule has 4 aromatic carbocycles. The van der Waals surface area contributed by atoms with Gasteiger partial charge in [0.1, 0.15) is 0 Å². The van der Waals surface area contributed by atoms with Crippen LogP contribution in [0.2, 0.25) is 0 Å². The molecule has 0 aliphatic heterocycles. The first-order valence-electron chi connectivity index (χ1n) is 26.3. The second-order valence-electron chi connectivity index (χ2n) is 18.1. The van der Waals surface area contributed by atoms with Gasteiger partial charge in [-0.1, -0.05) is 279 Å². The minimum Gasteiger partial charge on any atom is -0.872 e. The molecule has 364 valence electrons. The van der Waals surface area contributed by atoms with E-state index in [-0.39, 0.29) is 50.3 Å². The predicted molar refractivity (Wildman–Crippen MR) is 276 cm³/mol. The van der Waals surface area contributed by atoms with Crippen molar-refractivity contribution in [1.82, 2.24) is 0 Å². The zero-order valence-corrected chi connectivity index (χ0v) is 45.9. The molecular formula is C60H92O4Pb-4. The summed E-state index contributed by atoms with van der Waals surface area (Å²) >= 11 is 0. The Morgan fingerprint density at radius 2 is 0.354 bits per heavy atom. The average molecular weight is 1080 g/mol. The first-order chi connectivity index (χ1) is 31.3. The molecule has 0 aliphatic carbocycles. The van der Waals surface area contributed by atoms with E-state index in [4.69, 9.17) is 0 Å². The Morgan fingerprint density at radius 1 is 0.215 bits per heavy atom. The summed E-state index contributed by atoms with van der Waals surface area (Å²) in [6.45, 7) is 9.00. The maximum atomic E-state index is 10.9. The van der Waals surface area contributed by atoms with Crippen molar-refractivity contribution < 1.29 is 20.4 Å². The maximum absolute atomic E-state index is 10.9. The van der Waals surface area contributed by atoms with E-state index in [0.717, 1.165) is 25.7 Å². The van der Waals surface area contributed by atoms with Gasteiger partial charge in [-0.2, -0.15) is 0 Å². The normalized spacial score (nSPS) is 10.4. The third-order valence-electron chi connectivity index (χ3n) is 12.0. The molecule has 0 amide bonds. The first-order valence-corrected chi connectivity index (χ1v) is 26.3. The van der Waals surface area contributed by atoms with Crippen LogP contribution in [0.1, 0.15) is 230 Å². The predicted octanol–water partition coefficient (Wildman–Crippen LogP) is 15.8. The molecule has 0 atom stereocenters. The third kappa shape index (κ3) is 39.8. The molecular weight excluding hydrogens is 992 g/mol. The molecule has 0 aromatic heterocycles. The van der Waals surface area contributed by atoms with E-state index in [1.807, 2.05) is 48.5 Å². The van der Waals surface area contributed by atoms with E-state index >= 15 is 0 Å². The van der Waals surface area contributed by atoms with Crippen LogP contribution in [0.25, 0.3) is 0 Å². The van der Waals surface area contributed by atoms with E-state index in [1.54, 1.807) is 48.5 Å². The van der Waals surface area contributed by atoms with E-state index in [9.17, 15) is 20.4 Å². The largest absolute Gasteiger partial charge is 0.872 e. The molecule has 0 unspecified atom stereocenters. The number of rotatable bonds is 32. The topological polar surface area (TPSA) is 92.2 Å². The fourth-order valence-corrected chi connectivity index (χ4v) is 7.77. The van der Waals surface area contributed by atoms with Gasteiger partial charge in [-0.05, 0) is 73.6 Å². The fourth-order valence-electron chi connectivity index (χ4n) is 7.77. The van der Waals surface area contributed by atoms with E-state index in [1.165, 1.54) is 202 Å². The Morgan fingerprint density at radius 3 is 0.508 bits per heavy atom. The van der Waals surface area contributed by atoms with Crippen molar-refractivity contribution in [3.8, 4) is 23.0 Å². The van der Waals surface area contributed by atoms with Crippen LogP contribution in [0.3, 0.4) is 0 Å². The molecule has 4 nitrogen and oxygen atoms in total. The van der Waals surface area contributed by atoms with Gasteiger partial charge >= 0.3 is 0 Å². The summed E-state index contributed by atoms with van der Waals surface area (Å²) in [7, 11) is 0. The van der Waals surface area contributed by atoms with Crippen LogP contribution in [0.15, 0.2) is 97.1 Å². The molecule has 0 spiro atoms. The maximum Gasteiger partial charge on any atom is 0 e. The van der Waals surface area contributed by atoms with Crippen molar-refractivity contribution in [2.75, 3.05) is 0 Å². The zero-order valence-electron chi connectivity index (χ0n) is 42.0. The number of aryl methyl sites for hydroxylation is 4. The van der Waals surface area contributed by atoms with Gasteiger partial charge in [-0.25, -0.2) is 0 Å². The van der Waals surface area contributed by atoms with Crippen LogP contribution in [0.5, 0.6) is 23.0 Å². The molecule has 4 rings (SSSR count). The van der Waals surface area contributed by atoms with Gasteiger partial charge in [-0.3, -0.25) is 0 Å². The summed E-state index contributed by atoms with van der Waals surface area (Å²) in [5.74, 6) is 0.457. The van der Waals surface area contributed by atoms with Gasteiger partial charge in [0.25, 0.3) is 0 Å². The molecule has 0 saturated heterocycles. The number of hydrogen-bond donors (Lipinski definition) is 0. The summed E-state index contributed by atoms with van der Waals surface area (Å²) in [5, 5.41) is 43.6. The molecule has 0 N–H and O–H groups in total. The minimum absolute atomic E-state index is 0. The van der Waals surface area contributed by atoms with E-state index in [2.05, 4.69) is 27.7 Å². The van der Waals surface area contributed by atoms with Crippen molar-refractivity contribution in [2.45, 2.75) is 233 Å². The summed E-state index contributed by atoms with van der Waals surface area (Å²) in [5.41, 5.74) is 5.20. The monoisotopic (exact) mass is 1080 g/mol. The Hall–Kier alpha value is -3.00. The second kappa shape index (κ2) is 46.1. The summed E-state index contributed by atoms with van der Waals surface area (Å²) in [6.07, 6.45) is 42.1. The van der Waals surface area contributed by atoms with E-state index < -0.39 is 0 Å². The third-order valence-corrected chi connectivity index (χ3v) is 12.0. The molecule has 65 heavy (non-hydrogen) atoms. The first kappa shape index (κ1) is 62.0. The summed E-state index contributed by atoms with van der Waals surface area (Å²) in [4.78, 5) is 0. The van der Waals surface area contributed by atoms with Gasteiger partial charge in [0.05, 0.1) is 0 Å². The van der Waals surface area contributed by atoms with Crippen molar-refractivity contribution in [1.29, 1.82) is 0 Å². The van der Waals surface area contributed by atoms with Crippen LogP contribution in [0.4, 0.5) is 0 Å². The molecule has 0 heterocycles. The Labute approximate surface area is 420 Å². The molecule has 5 heteroatoms. The summed E-state index contributed by atoms with van der Waals surface area (Å²) < 4.78 is 0. The molecule has 0 saturated carbocycles. The summed E-state index contributed by atoms with van der Waals surface area (Å²) in [6, 6.07) is 29.0. The smallest absolute Gasteiger partial charge is 0 e. The van der Waals surface area contributed by atoms with Gasteiger partial charge in [-0.15, -0.1) is 23.0 Å². The van der Waals surface area contributed by atoms with Crippen LogP contribution in [-0.4, -0.2) is 27.3 Å². The quantitative estimate of drug-likeness (QED) is 0.0360. The standard InChI is InChI=1S/4C15H24O.Pb/c4*1-2-3-4-5-6-7-8-9-14-10-12-15(16)13-11-14;/h4*10-13,16H,2-9H2,1H3;/p-4. The number of unbranched alkanes of at least 4 members (excludes halogenated alkanes) is 24. The van der Waals surface area contributed by atoms with Gasteiger partial charge in [0.15, 0.2) is 0 Å². The molecule has 0 bridgehead atoms. The van der Waals surface area contributed by atoms with Crippen LogP contribution in [0, 0.1) is 0 Å². The van der Waals surface area contributed by atoms with Crippen molar-refractivity contribution in [3.05, 3.63) is 119 Å². The van der Waals surface area contributed by atoms with Crippen LogP contribution < -0.4 is 20.4 Å². The molecule has 0 fully saturated rings.